The summed E-state index contributed by atoms with van der Waals surface area (Å²) in [5.41, 5.74) is 1.96. The first kappa shape index (κ1) is 25.0. The number of amides is 1. The summed E-state index contributed by atoms with van der Waals surface area (Å²) >= 11 is 0. The van der Waals surface area contributed by atoms with Crippen molar-refractivity contribution >= 4 is 33.0 Å². The third-order valence-corrected chi connectivity index (χ3v) is 7.69. The summed E-state index contributed by atoms with van der Waals surface area (Å²) in [5, 5.41) is 2.61. The molecule has 180 valence electrons. The van der Waals surface area contributed by atoms with Crippen LogP contribution in [-0.2, 0) is 14.8 Å². The molecule has 0 saturated carbocycles. The van der Waals surface area contributed by atoms with Gasteiger partial charge in [-0.2, -0.15) is 0 Å². The molecule has 1 heterocycles. The zero-order valence-electron chi connectivity index (χ0n) is 19.9. The highest BCUT2D eigenvalue weighted by Gasteiger charge is 2.29. The van der Waals surface area contributed by atoms with Gasteiger partial charge in [0.1, 0.15) is 0 Å². The molecule has 0 unspecified atom stereocenters. The highest BCUT2D eigenvalue weighted by molar-refractivity contribution is 7.94. The Morgan fingerprint density at radius 3 is 2.18 bits per heavy atom. The first-order valence-corrected chi connectivity index (χ1v) is 12.4. The quantitative estimate of drug-likeness (QED) is 0.660. The number of sulfonamides is 1. The standard InChI is InChI=1S/C24H32FN3O4S/c1-15-13-28(14-16(2)32-15)21-12-11-20(22(25)17(21)3)26-23(29)18-7-9-19(10-8-18)27-33(30,31)24(4,5)6/h7-12,15-16,27H,13-14H2,1-6H3,(H,26,29)/t15-,16+. The number of morpholine rings is 1. The minimum Gasteiger partial charge on any atom is -0.372 e. The number of carbonyl (C=O) groups is 1. The number of carbonyl (C=O) groups excluding carboxylic acids is 1. The molecule has 2 N–H and O–H groups in total. The van der Waals surface area contributed by atoms with E-state index in [1.807, 2.05) is 19.9 Å². The first-order chi connectivity index (χ1) is 15.3. The molecular weight excluding hydrogens is 445 g/mol. The maximum Gasteiger partial charge on any atom is 0.255 e. The molecule has 2 aromatic carbocycles. The smallest absolute Gasteiger partial charge is 0.255 e. The maximum absolute atomic E-state index is 15.1. The number of hydrogen-bond acceptors (Lipinski definition) is 5. The second-order valence-electron chi connectivity index (χ2n) is 9.48. The van der Waals surface area contributed by atoms with E-state index in [-0.39, 0.29) is 23.5 Å². The molecule has 1 aliphatic heterocycles. The minimum atomic E-state index is -3.58. The van der Waals surface area contributed by atoms with Gasteiger partial charge in [0.2, 0.25) is 10.0 Å². The van der Waals surface area contributed by atoms with Gasteiger partial charge in [-0.1, -0.05) is 0 Å². The van der Waals surface area contributed by atoms with Crippen molar-refractivity contribution in [1.29, 1.82) is 0 Å². The number of benzene rings is 2. The Kier molecular flexibility index (Phi) is 7.04. The van der Waals surface area contributed by atoms with Gasteiger partial charge in [-0.05, 0) is 77.9 Å². The lowest BCUT2D eigenvalue weighted by Crippen LogP contribution is -2.45. The second kappa shape index (κ2) is 9.30. The van der Waals surface area contributed by atoms with Gasteiger partial charge in [0, 0.05) is 35.6 Å². The monoisotopic (exact) mass is 477 g/mol. The van der Waals surface area contributed by atoms with Crippen LogP contribution in [-0.4, -0.2) is 44.4 Å². The van der Waals surface area contributed by atoms with E-state index in [0.29, 0.717) is 24.3 Å². The molecule has 1 aliphatic rings. The summed E-state index contributed by atoms with van der Waals surface area (Å²) in [5.74, 6) is -0.970. The number of anilines is 3. The molecule has 0 spiro atoms. The van der Waals surface area contributed by atoms with Crippen LogP contribution >= 0.6 is 0 Å². The van der Waals surface area contributed by atoms with Gasteiger partial charge in [-0.25, -0.2) is 12.8 Å². The fourth-order valence-electron chi connectivity index (χ4n) is 3.68. The van der Waals surface area contributed by atoms with Crippen LogP contribution in [0, 0.1) is 12.7 Å². The highest BCUT2D eigenvalue weighted by Crippen LogP contribution is 2.30. The Hall–Kier alpha value is -2.65. The van der Waals surface area contributed by atoms with Crippen LogP contribution in [0.25, 0.3) is 0 Å². The van der Waals surface area contributed by atoms with Crippen molar-refractivity contribution in [2.24, 2.45) is 0 Å². The molecule has 1 amide bonds. The summed E-state index contributed by atoms with van der Waals surface area (Å²) in [6, 6.07) is 9.36. The number of rotatable bonds is 5. The van der Waals surface area contributed by atoms with Crippen molar-refractivity contribution in [1.82, 2.24) is 0 Å². The van der Waals surface area contributed by atoms with E-state index < -0.39 is 26.5 Å². The molecule has 2 aromatic rings. The molecule has 3 rings (SSSR count). The normalized spacial score (nSPS) is 19.3. The number of halogens is 1. The van der Waals surface area contributed by atoms with Crippen molar-refractivity contribution in [3.63, 3.8) is 0 Å². The molecule has 0 radical (unpaired) electrons. The zero-order valence-corrected chi connectivity index (χ0v) is 20.7. The molecule has 1 saturated heterocycles. The van der Waals surface area contributed by atoms with E-state index in [1.165, 1.54) is 24.3 Å². The average molecular weight is 478 g/mol. The summed E-state index contributed by atoms with van der Waals surface area (Å²) in [4.78, 5) is 14.8. The molecule has 9 heteroatoms. The molecule has 2 atom stereocenters. The number of nitrogens with one attached hydrogen (secondary N) is 2. The van der Waals surface area contributed by atoms with Crippen LogP contribution in [0.2, 0.25) is 0 Å². The summed E-state index contributed by atoms with van der Waals surface area (Å²) in [7, 11) is -3.58. The van der Waals surface area contributed by atoms with Crippen LogP contribution in [0.3, 0.4) is 0 Å². The zero-order chi connectivity index (χ0) is 24.6. The molecule has 0 aliphatic carbocycles. The number of nitrogens with zero attached hydrogens (tertiary/aromatic N) is 1. The molecule has 33 heavy (non-hydrogen) atoms. The molecular formula is C24H32FN3O4S. The van der Waals surface area contributed by atoms with Gasteiger partial charge in [-0.15, -0.1) is 0 Å². The van der Waals surface area contributed by atoms with Crippen LogP contribution in [0.15, 0.2) is 36.4 Å². The lowest BCUT2D eigenvalue weighted by atomic mass is 10.1. The van der Waals surface area contributed by atoms with Crippen LogP contribution in [0.1, 0.15) is 50.5 Å². The van der Waals surface area contributed by atoms with Crippen molar-refractivity contribution in [3.05, 3.63) is 53.3 Å². The van der Waals surface area contributed by atoms with E-state index >= 15 is 4.39 Å². The molecule has 0 bridgehead atoms. The Morgan fingerprint density at radius 1 is 1.06 bits per heavy atom. The van der Waals surface area contributed by atoms with Gasteiger partial charge in [-0.3, -0.25) is 9.52 Å². The van der Waals surface area contributed by atoms with Crippen LogP contribution in [0.4, 0.5) is 21.5 Å². The Labute approximate surface area is 195 Å². The number of hydrogen-bond donors (Lipinski definition) is 2. The third kappa shape index (κ3) is 5.65. The maximum atomic E-state index is 15.1. The highest BCUT2D eigenvalue weighted by atomic mass is 32.2. The van der Waals surface area contributed by atoms with Crippen molar-refractivity contribution in [2.45, 2.75) is 58.5 Å². The van der Waals surface area contributed by atoms with E-state index in [4.69, 9.17) is 4.74 Å². The van der Waals surface area contributed by atoms with Crippen LogP contribution in [0.5, 0.6) is 0 Å². The van der Waals surface area contributed by atoms with Gasteiger partial charge in [0.05, 0.1) is 22.6 Å². The van der Waals surface area contributed by atoms with Crippen molar-refractivity contribution in [3.8, 4) is 0 Å². The Morgan fingerprint density at radius 2 is 1.64 bits per heavy atom. The van der Waals surface area contributed by atoms with Crippen molar-refractivity contribution < 1.29 is 22.3 Å². The van der Waals surface area contributed by atoms with E-state index in [2.05, 4.69) is 14.9 Å². The van der Waals surface area contributed by atoms with E-state index in [0.717, 1.165) is 5.69 Å². The predicted molar refractivity (Wildman–Crippen MR) is 130 cm³/mol. The molecule has 1 fully saturated rings. The van der Waals surface area contributed by atoms with E-state index in [1.54, 1.807) is 33.8 Å². The Bertz CT molecular complexity index is 1120. The van der Waals surface area contributed by atoms with Gasteiger partial charge in [0.15, 0.2) is 5.82 Å². The fourth-order valence-corrected chi connectivity index (χ4v) is 4.43. The van der Waals surface area contributed by atoms with Gasteiger partial charge in [0.25, 0.3) is 5.91 Å². The third-order valence-electron chi connectivity index (χ3n) is 5.57. The largest absolute Gasteiger partial charge is 0.372 e. The topological polar surface area (TPSA) is 87.7 Å². The SMILES string of the molecule is Cc1c(N2C[C@@H](C)O[C@@H](C)C2)ccc(NC(=O)c2ccc(NS(=O)(=O)C(C)(C)C)cc2)c1F. The average Bonchev–Trinajstić information content (AvgIpc) is 2.70. The number of ether oxygens (including phenoxy) is 1. The van der Waals surface area contributed by atoms with Crippen LogP contribution < -0.4 is 14.9 Å². The Balaban J connectivity index is 1.73. The van der Waals surface area contributed by atoms with Crippen molar-refractivity contribution in [2.75, 3.05) is 28.0 Å². The minimum absolute atomic E-state index is 0.0476. The summed E-state index contributed by atoms with van der Waals surface area (Å²) in [6.45, 7) is 11.8. The molecule has 7 nitrogen and oxygen atoms in total. The first-order valence-electron chi connectivity index (χ1n) is 10.9. The molecule has 0 aromatic heterocycles. The lowest BCUT2D eigenvalue weighted by molar-refractivity contribution is -0.00526. The lowest BCUT2D eigenvalue weighted by Gasteiger charge is -2.37. The van der Waals surface area contributed by atoms with Gasteiger partial charge >= 0.3 is 0 Å². The van der Waals surface area contributed by atoms with Gasteiger partial charge < -0.3 is 15.0 Å². The second-order valence-corrected chi connectivity index (χ2v) is 11.9. The fraction of sp³-hybridized carbons (Fsp3) is 0.458. The van der Waals surface area contributed by atoms with E-state index in [9.17, 15) is 13.2 Å². The summed E-state index contributed by atoms with van der Waals surface area (Å²) < 4.78 is 47.0. The predicted octanol–water partition coefficient (Wildman–Crippen LogP) is 4.54. The summed E-state index contributed by atoms with van der Waals surface area (Å²) in [6.07, 6.45) is 0.0953.